The third kappa shape index (κ3) is 3.45. The maximum atomic E-state index is 11.6. The molecule has 2 aliphatic rings. The average molecular weight is 336 g/mol. The van der Waals surface area contributed by atoms with Gasteiger partial charge in [0.25, 0.3) is 0 Å². The molecule has 1 aromatic carbocycles. The number of ether oxygens (including phenoxy) is 2. The quantitative estimate of drug-likeness (QED) is 0.827. The SMILES string of the molecule is CC(OC1=C(c2ccc(S(C)(=O)=O)cc2)C(C)(C)OC1)C1CC1. The van der Waals surface area contributed by atoms with Crippen molar-refractivity contribution in [1.82, 2.24) is 0 Å². The lowest BCUT2D eigenvalue weighted by molar-refractivity contribution is 0.0324. The summed E-state index contributed by atoms with van der Waals surface area (Å²) in [4.78, 5) is 0.326. The van der Waals surface area contributed by atoms with E-state index in [1.165, 1.54) is 19.1 Å². The Morgan fingerprint density at radius 2 is 1.83 bits per heavy atom. The predicted octanol–water partition coefficient (Wildman–Crippen LogP) is 3.43. The van der Waals surface area contributed by atoms with E-state index in [0.717, 1.165) is 16.9 Å². The van der Waals surface area contributed by atoms with E-state index in [4.69, 9.17) is 9.47 Å². The van der Waals surface area contributed by atoms with Crippen molar-refractivity contribution in [3.8, 4) is 0 Å². The molecule has 1 aromatic rings. The van der Waals surface area contributed by atoms with Crippen LogP contribution in [-0.2, 0) is 19.3 Å². The number of benzene rings is 1. The van der Waals surface area contributed by atoms with Crippen LogP contribution in [0.25, 0.3) is 5.57 Å². The van der Waals surface area contributed by atoms with Gasteiger partial charge in [-0.3, -0.25) is 0 Å². The molecule has 0 amide bonds. The highest BCUT2D eigenvalue weighted by Gasteiger charge is 2.38. The number of sulfone groups is 1. The Hall–Kier alpha value is -1.33. The summed E-state index contributed by atoms with van der Waals surface area (Å²) in [5, 5.41) is 0. The van der Waals surface area contributed by atoms with Crippen molar-refractivity contribution in [3.05, 3.63) is 35.6 Å². The minimum Gasteiger partial charge on any atom is -0.492 e. The molecular formula is C18H24O4S. The fraction of sp³-hybridized carbons (Fsp3) is 0.556. The van der Waals surface area contributed by atoms with Crippen molar-refractivity contribution in [1.29, 1.82) is 0 Å². The van der Waals surface area contributed by atoms with E-state index < -0.39 is 15.4 Å². The molecule has 0 bridgehead atoms. The summed E-state index contributed by atoms with van der Waals surface area (Å²) < 4.78 is 35.3. The summed E-state index contributed by atoms with van der Waals surface area (Å²) in [6.45, 7) is 6.61. The monoisotopic (exact) mass is 336 g/mol. The largest absolute Gasteiger partial charge is 0.492 e. The molecule has 1 saturated carbocycles. The molecule has 0 aromatic heterocycles. The van der Waals surface area contributed by atoms with Gasteiger partial charge in [0.05, 0.1) is 16.6 Å². The van der Waals surface area contributed by atoms with Crippen molar-refractivity contribution in [3.63, 3.8) is 0 Å². The molecule has 0 radical (unpaired) electrons. The van der Waals surface area contributed by atoms with Crippen LogP contribution in [0.1, 0.15) is 39.2 Å². The molecule has 1 fully saturated rings. The summed E-state index contributed by atoms with van der Waals surface area (Å²) in [6.07, 6.45) is 3.89. The van der Waals surface area contributed by atoms with Gasteiger partial charge >= 0.3 is 0 Å². The van der Waals surface area contributed by atoms with Crippen LogP contribution in [0.5, 0.6) is 0 Å². The van der Waals surface area contributed by atoms with Crippen LogP contribution in [0.4, 0.5) is 0 Å². The third-order valence-electron chi connectivity index (χ3n) is 4.63. The van der Waals surface area contributed by atoms with Gasteiger partial charge in [-0.1, -0.05) is 12.1 Å². The van der Waals surface area contributed by atoms with Crippen molar-refractivity contribution in [2.24, 2.45) is 5.92 Å². The van der Waals surface area contributed by atoms with Crippen LogP contribution < -0.4 is 0 Å². The lowest BCUT2D eigenvalue weighted by Crippen LogP contribution is -2.21. The maximum absolute atomic E-state index is 11.6. The summed E-state index contributed by atoms with van der Waals surface area (Å²) in [5.41, 5.74) is 1.54. The summed E-state index contributed by atoms with van der Waals surface area (Å²) >= 11 is 0. The first-order valence-corrected chi connectivity index (χ1v) is 9.92. The van der Waals surface area contributed by atoms with E-state index in [-0.39, 0.29) is 6.10 Å². The number of hydrogen-bond donors (Lipinski definition) is 0. The maximum Gasteiger partial charge on any atom is 0.175 e. The molecule has 1 aliphatic heterocycles. The van der Waals surface area contributed by atoms with Crippen LogP contribution in [0.2, 0.25) is 0 Å². The minimum absolute atomic E-state index is 0.202. The zero-order valence-electron chi connectivity index (χ0n) is 14.1. The van der Waals surface area contributed by atoms with Crippen LogP contribution in [0.15, 0.2) is 34.9 Å². The van der Waals surface area contributed by atoms with Gasteiger partial charge in [0, 0.05) is 11.8 Å². The molecule has 4 nitrogen and oxygen atoms in total. The number of hydrogen-bond acceptors (Lipinski definition) is 4. The Morgan fingerprint density at radius 1 is 1.22 bits per heavy atom. The first-order chi connectivity index (χ1) is 10.7. The normalized spacial score (nSPS) is 22.3. The molecule has 126 valence electrons. The van der Waals surface area contributed by atoms with Crippen molar-refractivity contribution in [2.75, 3.05) is 12.9 Å². The Kier molecular flexibility index (Phi) is 4.05. The van der Waals surface area contributed by atoms with Crippen molar-refractivity contribution >= 4 is 15.4 Å². The van der Waals surface area contributed by atoms with Crippen LogP contribution in [0, 0.1) is 5.92 Å². The van der Waals surface area contributed by atoms with Crippen LogP contribution >= 0.6 is 0 Å². The van der Waals surface area contributed by atoms with E-state index >= 15 is 0 Å². The van der Waals surface area contributed by atoms with Gasteiger partial charge in [0.2, 0.25) is 0 Å². The number of rotatable bonds is 5. The molecule has 3 rings (SSSR count). The second-order valence-electron chi connectivity index (χ2n) is 7.05. The van der Waals surface area contributed by atoms with Gasteiger partial charge in [-0.25, -0.2) is 8.42 Å². The smallest absolute Gasteiger partial charge is 0.175 e. The van der Waals surface area contributed by atoms with Gasteiger partial charge in [-0.05, 0) is 57.2 Å². The zero-order chi connectivity index (χ0) is 16.8. The van der Waals surface area contributed by atoms with Crippen molar-refractivity contribution in [2.45, 2.75) is 50.2 Å². The van der Waals surface area contributed by atoms with Gasteiger partial charge in [-0.15, -0.1) is 0 Å². The average Bonchev–Trinajstić information content (AvgIpc) is 3.25. The standard InChI is InChI=1S/C18H24O4S/c1-12(13-5-6-13)22-16-11-21-18(2,3)17(16)14-7-9-15(10-8-14)23(4,19)20/h7-10,12-13H,5-6,11H2,1-4H3. The predicted molar refractivity (Wildman–Crippen MR) is 89.8 cm³/mol. The van der Waals surface area contributed by atoms with E-state index in [9.17, 15) is 8.42 Å². The molecule has 1 atom stereocenters. The fourth-order valence-corrected chi connectivity index (χ4v) is 3.71. The van der Waals surface area contributed by atoms with E-state index in [1.807, 2.05) is 26.0 Å². The second kappa shape index (κ2) is 5.64. The summed E-state index contributed by atoms with van der Waals surface area (Å²) in [6, 6.07) is 6.97. The summed E-state index contributed by atoms with van der Waals surface area (Å²) in [5.74, 6) is 1.53. The molecule has 1 heterocycles. The lowest BCUT2D eigenvalue weighted by Gasteiger charge is -2.22. The Morgan fingerprint density at radius 3 is 2.35 bits per heavy atom. The highest BCUT2D eigenvalue weighted by Crippen LogP contribution is 2.42. The third-order valence-corrected chi connectivity index (χ3v) is 5.76. The van der Waals surface area contributed by atoms with Crippen LogP contribution in [-0.4, -0.2) is 33.0 Å². The highest BCUT2D eigenvalue weighted by atomic mass is 32.2. The van der Waals surface area contributed by atoms with Crippen LogP contribution in [0.3, 0.4) is 0 Å². The van der Waals surface area contributed by atoms with Gasteiger partial charge < -0.3 is 9.47 Å². The minimum atomic E-state index is -3.19. The first kappa shape index (κ1) is 16.5. The Labute approximate surface area is 138 Å². The molecule has 23 heavy (non-hydrogen) atoms. The highest BCUT2D eigenvalue weighted by molar-refractivity contribution is 7.90. The van der Waals surface area contributed by atoms with E-state index in [0.29, 0.717) is 17.4 Å². The Bertz CT molecular complexity index is 725. The van der Waals surface area contributed by atoms with Gasteiger partial charge in [-0.2, -0.15) is 0 Å². The van der Waals surface area contributed by atoms with Crippen molar-refractivity contribution < 1.29 is 17.9 Å². The first-order valence-electron chi connectivity index (χ1n) is 8.03. The summed E-state index contributed by atoms with van der Waals surface area (Å²) in [7, 11) is -3.19. The fourth-order valence-electron chi connectivity index (χ4n) is 3.08. The molecule has 5 heteroatoms. The van der Waals surface area contributed by atoms with Gasteiger partial charge in [0.1, 0.15) is 12.4 Å². The topological polar surface area (TPSA) is 52.6 Å². The Balaban J connectivity index is 1.94. The van der Waals surface area contributed by atoms with E-state index in [1.54, 1.807) is 12.1 Å². The second-order valence-corrected chi connectivity index (χ2v) is 9.07. The molecular weight excluding hydrogens is 312 g/mol. The van der Waals surface area contributed by atoms with E-state index in [2.05, 4.69) is 6.92 Å². The molecule has 0 N–H and O–H groups in total. The van der Waals surface area contributed by atoms with Gasteiger partial charge in [0.15, 0.2) is 9.84 Å². The molecule has 1 unspecified atom stereocenters. The lowest BCUT2D eigenvalue weighted by atomic mass is 9.92. The molecule has 0 saturated heterocycles. The molecule has 1 aliphatic carbocycles. The zero-order valence-corrected chi connectivity index (χ0v) is 14.9. The molecule has 0 spiro atoms.